The molecule has 6 nitrogen and oxygen atoms in total. The number of aromatic nitrogens is 2. The smallest absolute Gasteiger partial charge is 0.237 e. The van der Waals surface area contributed by atoms with E-state index in [0.29, 0.717) is 5.13 Å². The van der Waals surface area contributed by atoms with Crippen LogP contribution in [0.1, 0.15) is 30.6 Å². The van der Waals surface area contributed by atoms with Gasteiger partial charge in [-0.2, -0.15) is 0 Å². The molecule has 1 aliphatic carbocycles. The van der Waals surface area contributed by atoms with Gasteiger partial charge >= 0.3 is 0 Å². The van der Waals surface area contributed by atoms with Gasteiger partial charge in [0, 0.05) is 30.3 Å². The third-order valence-electron chi connectivity index (χ3n) is 5.25. The van der Waals surface area contributed by atoms with Crippen LogP contribution >= 0.6 is 34.4 Å². The molecule has 2 aromatic rings. The first kappa shape index (κ1) is 19.3. The molecule has 1 saturated heterocycles. The molecule has 4 rings (SSSR count). The van der Waals surface area contributed by atoms with Crippen LogP contribution in [0.25, 0.3) is 0 Å². The molecule has 0 aromatic carbocycles. The number of morpholine rings is 1. The third-order valence-corrected chi connectivity index (χ3v) is 8.27. The van der Waals surface area contributed by atoms with Gasteiger partial charge in [0.05, 0.1) is 18.6 Å². The molecule has 2 fully saturated rings. The molecule has 27 heavy (non-hydrogen) atoms. The molecule has 3 heterocycles. The molecule has 0 bridgehead atoms. The molecule has 0 spiro atoms. The van der Waals surface area contributed by atoms with Crippen molar-refractivity contribution in [3.8, 4) is 0 Å². The fraction of sp³-hybridized carbons (Fsp3) is 0.611. The van der Waals surface area contributed by atoms with Gasteiger partial charge in [-0.25, -0.2) is 0 Å². The van der Waals surface area contributed by atoms with Crippen LogP contribution in [0.15, 0.2) is 21.9 Å². The van der Waals surface area contributed by atoms with E-state index in [4.69, 9.17) is 4.74 Å². The Hall–Kier alpha value is -1.00. The minimum atomic E-state index is -0.385. The summed E-state index contributed by atoms with van der Waals surface area (Å²) in [7, 11) is 0. The Morgan fingerprint density at radius 2 is 2.11 bits per heavy atom. The highest BCUT2D eigenvalue weighted by atomic mass is 32.2. The van der Waals surface area contributed by atoms with Crippen molar-refractivity contribution < 1.29 is 9.53 Å². The molecule has 1 aliphatic heterocycles. The molecule has 1 N–H and O–H groups in total. The number of hydrogen-bond donors (Lipinski definition) is 1. The number of thiophene rings is 1. The zero-order chi connectivity index (χ0) is 18.5. The Labute approximate surface area is 171 Å². The molecule has 0 unspecified atom stereocenters. The van der Waals surface area contributed by atoms with E-state index in [1.165, 1.54) is 16.2 Å². The number of nitrogens with zero attached hydrogens (tertiary/aromatic N) is 3. The van der Waals surface area contributed by atoms with E-state index >= 15 is 0 Å². The summed E-state index contributed by atoms with van der Waals surface area (Å²) in [5.74, 6) is 1.05. The molecule has 0 radical (unpaired) electrons. The highest BCUT2D eigenvalue weighted by Crippen LogP contribution is 2.44. The van der Waals surface area contributed by atoms with Crippen molar-refractivity contribution in [3.63, 3.8) is 0 Å². The van der Waals surface area contributed by atoms with E-state index in [2.05, 4.69) is 31.9 Å². The van der Waals surface area contributed by atoms with Gasteiger partial charge in [-0.1, -0.05) is 42.0 Å². The Bertz CT molecular complexity index is 738. The maximum absolute atomic E-state index is 13.1. The first-order valence-corrected chi connectivity index (χ1v) is 12.1. The second-order valence-electron chi connectivity index (χ2n) is 6.90. The number of hydrogen-bond acceptors (Lipinski definition) is 8. The van der Waals surface area contributed by atoms with E-state index in [9.17, 15) is 4.79 Å². The second-order valence-corrected chi connectivity index (χ2v) is 10.2. The van der Waals surface area contributed by atoms with Crippen molar-refractivity contribution in [1.29, 1.82) is 0 Å². The lowest BCUT2D eigenvalue weighted by Gasteiger charge is -2.26. The van der Waals surface area contributed by atoms with Crippen LogP contribution in [-0.2, 0) is 14.9 Å². The summed E-state index contributed by atoms with van der Waals surface area (Å²) < 4.78 is 6.29. The maximum atomic E-state index is 13.1. The van der Waals surface area contributed by atoms with Crippen molar-refractivity contribution in [2.45, 2.75) is 35.4 Å². The van der Waals surface area contributed by atoms with E-state index in [0.717, 1.165) is 68.6 Å². The van der Waals surface area contributed by atoms with Gasteiger partial charge in [0.25, 0.3) is 0 Å². The number of nitrogens with one attached hydrogen (secondary N) is 1. The lowest BCUT2D eigenvalue weighted by atomic mass is 9.83. The number of carbonyl (C=O) groups excluding carboxylic acids is 1. The SMILES string of the molecule is O=C(Nc1nnc(SCCN2CCOCC2)s1)C1(c2cccs2)CCCC1. The monoisotopic (exact) mass is 424 g/mol. The summed E-state index contributed by atoms with van der Waals surface area (Å²) >= 11 is 4.85. The van der Waals surface area contributed by atoms with E-state index < -0.39 is 0 Å². The average molecular weight is 425 g/mol. The van der Waals surface area contributed by atoms with Gasteiger partial charge in [0.2, 0.25) is 11.0 Å². The van der Waals surface area contributed by atoms with Crippen molar-refractivity contribution in [3.05, 3.63) is 22.4 Å². The minimum Gasteiger partial charge on any atom is -0.379 e. The molecule has 146 valence electrons. The number of carbonyl (C=O) groups is 1. The van der Waals surface area contributed by atoms with Gasteiger partial charge < -0.3 is 4.74 Å². The normalized spacial score (nSPS) is 20.0. The zero-order valence-corrected chi connectivity index (χ0v) is 17.6. The topological polar surface area (TPSA) is 67.4 Å². The van der Waals surface area contributed by atoms with Crippen LogP contribution in [0.4, 0.5) is 5.13 Å². The third kappa shape index (κ3) is 4.54. The Morgan fingerprint density at radius 1 is 1.30 bits per heavy atom. The zero-order valence-electron chi connectivity index (χ0n) is 15.2. The Kier molecular flexibility index (Phi) is 6.44. The van der Waals surface area contributed by atoms with E-state index in [1.807, 2.05) is 6.07 Å². The van der Waals surface area contributed by atoms with Gasteiger partial charge in [-0.3, -0.25) is 15.0 Å². The predicted molar refractivity (Wildman–Crippen MR) is 111 cm³/mol. The van der Waals surface area contributed by atoms with Crippen molar-refractivity contribution in [1.82, 2.24) is 15.1 Å². The molecule has 2 aromatic heterocycles. The van der Waals surface area contributed by atoms with Crippen LogP contribution in [-0.4, -0.2) is 59.6 Å². The number of amides is 1. The van der Waals surface area contributed by atoms with E-state index in [1.54, 1.807) is 23.1 Å². The number of rotatable bonds is 7. The van der Waals surface area contributed by atoms with Crippen LogP contribution in [0.2, 0.25) is 0 Å². The van der Waals surface area contributed by atoms with Crippen LogP contribution in [0.3, 0.4) is 0 Å². The summed E-state index contributed by atoms with van der Waals surface area (Å²) in [5.41, 5.74) is -0.385. The fourth-order valence-electron chi connectivity index (χ4n) is 3.74. The predicted octanol–water partition coefficient (Wildman–Crippen LogP) is 3.47. The average Bonchev–Trinajstić information content (AvgIpc) is 3.44. The van der Waals surface area contributed by atoms with Gasteiger partial charge in [0.1, 0.15) is 0 Å². The number of anilines is 1. The fourth-order valence-corrected chi connectivity index (χ4v) is 6.54. The number of thioether (sulfide) groups is 1. The second kappa shape index (κ2) is 9.00. The van der Waals surface area contributed by atoms with Crippen LogP contribution in [0.5, 0.6) is 0 Å². The summed E-state index contributed by atoms with van der Waals surface area (Å²) in [6.45, 7) is 4.68. The first-order valence-electron chi connectivity index (χ1n) is 9.38. The van der Waals surface area contributed by atoms with Crippen molar-refractivity contribution in [2.24, 2.45) is 0 Å². The molecule has 1 amide bonds. The molecular formula is C18H24N4O2S3. The quantitative estimate of drug-likeness (QED) is 0.542. The van der Waals surface area contributed by atoms with Gasteiger partial charge in [0.15, 0.2) is 4.34 Å². The summed E-state index contributed by atoms with van der Waals surface area (Å²) in [4.78, 5) is 16.7. The largest absolute Gasteiger partial charge is 0.379 e. The Balaban J connectivity index is 1.32. The molecule has 0 atom stereocenters. The van der Waals surface area contributed by atoms with Crippen LogP contribution in [0, 0.1) is 0 Å². The lowest BCUT2D eigenvalue weighted by molar-refractivity contribution is -0.121. The van der Waals surface area contributed by atoms with Crippen molar-refractivity contribution in [2.75, 3.05) is 43.9 Å². The maximum Gasteiger partial charge on any atom is 0.237 e. The molecule has 1 saturated carbocycles. The molecular weight excluding hydrogens is 400 g/mol. The summed E-state index contributed by atoms with van der Waals surface area (Å²) in [5, 5.41) is 14.1. The van der Waals surface area contributed by atoms with Gasteiger partial charge in [-0.15, -0.1) is 21.5 Å². The Morgan fingerprint density at radius 3 is 2.85 bits per heavy atom. The van der Waals surface area contributed by atoms with Crippen LogP contribution < -0.4 is 5.32 Å². The highest BCUT2D eigenvalue weighted by Gasteiger charge is 2.43. The molecule has 2 aliphatic rings. The first-order chi connectivity index (χ1) is 13.3. The van der Waals surface area contributed by atoms with Crippen molar-refractivity contribution >= 4 is 45.5 Å². The number of ether oxygens (including phenoxy) is 1. The summed E-state index contributed by atoms with van der Waals surface area (Å²) in [6.07, 6.45) is 4.03. The highest BCUT2D eigenvalue weighted by molar-refractivity contribution is 8.01. The lowest BCUT2D eigenvalue weighted by Crippen LogP contribution is -2.37. The summed E-state index contributed by atoms with van der Waals surface area (Å²) in [6, 6.07) is 4.12. The van der Waals surface area contributed by atoms with E-state index in [-0.39, 0.29) is 11.3 Å². The molecule has 9 heteroatoms. The minimum absolute atomic E-state index is 0.0727. The van der Waals surface area contributed by atoms with Gasteiger partial charge in [-0.05, 0) is 24.3 Å². The standard InChI is InChI=1S/C18H24N4O2S3/c23-15(18(5-1-2-6-18)14-4-3-12-25-14)19-16-20-21-17(27-16)26-13-9-22-7-10-24-11-8-22/h3-4,12H,1-2,5-11,13H2,(H,19,20,23).